The van der Waals surface area contributed by atoms with E-state index in [1.165, 1.54) is 50.2 Å². The van der Waals surface area contributed by atoms with Crippen molar-refractivity contribution < 1.29 is 13.9 Å². The molecule has 0 bridgehead atoms. The first-order valence-electron chi connectivity index (χ1n) is 8.83. The van der Waals surface area contributed by atoms with E-state index >= 15 is 0 Å². The largest absolute Gasteiger partial charge is 0.465 e. The van der Waals surface area contributed by atoms with Gasteiger partial charge in [-0.3, -0.25) is 0 Å². The molecule has 5 heteroatoms. The minimum absolute atomic E-state index is 0.196. The van der Waals surface area contributed by atoms with Crippen molar-refractivity contribution in [3.63, 3.8) is 0 Å². The van der Waals surface area contributed by atoms with Crippen LogP contribution in [0, 0.1) is 5.82 Å². The maximum atomic E-state index is 13.6. The zero-order valence-electron chi connectivity index (χ0n) is 14.9. The maximum absolute atomic E-state index is 13.6. The first-order valence-corrected chi connectivity index (χ1v) is 9.65. The van der Waals surface area contributed by atoms with Gasteiger partial charge in [0, 0.05) is 17.1 Å². The van der Waals surface area contributed by atoms with Crippen LogP contribution in [0.4, 0.5) is 10.1 Å². The number of ether oxygens (including phenoxy) is 1. The molecule has 1 aromatic heterocycles. The second-order valence-electron chi connectivity index (χ2n) is 6.08. The SMILES string of the molecule is CCCCCCCc1cc(F)ccc1NCc1ccc(C(=O)OC)s1. The Labute approximate surface area is 153 Å². The lowest BCUT2D eigenvalue weighted by atomic mass is 10.0. The number of esters is 1. The second kappa shape index (κ2) is 10.2. The Morgan fingerprint density at radius 3 is 2.72 bits per heavy atom. The van der Waals surface area contributed by atoms with E-state index in [0.717, 1.165) is 29.0 Å². The van der Waals surface area contributed by atoms with Gasteiger partial charge in [0.1, 0.15) is 10.7 Å². The normalized spacial score (nSPS) is 10.7. The molecule has 25 heavy (non-hydrogen) atoms. The van der Waals surface area contributed by atoms with Gasteiger partial charge in [-0.25, -0.2) is 9.18 Å². The molecule has 0 saturated heterocycles. The molecule has 0 fully saturated rings. The molecule has 0 saturated carbocycles. The van der Waals surface area contributed by atoms with E-state index in [4.69, 9.17) is 4.74 Å². The Kier molecular flexibility index (Phi) is 7.92. The summed E-state index contributed by atoms with van der Waals surface area (Å²) in [4.78, 5) is 13.1. The quantitative estimate of drug-likeness (QED) is 0.428. The summed E-state index contributed by atoms with van der Waals surface area (Å²) in [6, 6.07) is 8.59. The van der Waals surface area contributed by atoms with Crippen LogP contribution in [0.15, 0.2) is 30.3 Å². The lowest BCUT2D eigenvalue weighted by molar-refractivity contribution is 0.0606. The van der Waals surface area contributed by atoms with Crippen molar-refractivity contribution in [2.24, 2.45) is 0 Å². The van der Waals surface area contributed by atoms with Crippen molar-refractivity contribution in [1.82, 2.24) is 0 Å². The maximum Gasteiger partial charge on any atom is 0.348 e. The number of rotatable bonds is 10. The van der Waals surface area contributed by atoms with Gasteiger partial charge in [0.05, 0.1) is 7.11 Å². The number of methoxy groups -OCH3 is 1. The Hall–Kier alpha value is -1.88. The molecule has 0 radical (unpaired) electrons. The average molecular weight is 363 g/mol. The number of halogens is 1. The van der Waals surface area contributed by atoms with E-state index in [1.54, 1.807) is 18.2 Å². The molecule has 0 unspecified atom stereocenters. The van der Waals surface area contributed by atoms with E-state index < -0.39 is 0 Å². The molecule has 1 aromatic carbocycles. The Balaban J connectivity index is 1.94. The number of benzene rings is 1. The van der Waals surface area contributed by atoms with E-state index in [1.807, 2.05) is 6.07 Å². The molecule has 1 N–H and O–H groups in total. The smallest absolute Gasteiger partial charge is 0.348 e. The van der Waals surface area contributed by atoms with E-state index in [0.29, 0.717) is 11.4 Å². The van der Waals surface area contributed by atoms with E-state index in [-0.39, 0.29) is 11.8 Å². The van der Waals surface area contributed by atoms with Crippen LogP contribution in [-0.2, 0) is 17.7 Å². The highest BCUT2D eigenvalue weighted by Crippen LogP contribution is 2.23. The third-order valence-corrected chi connectivity index (χ3v) is 5.18. The van der Waals surface area contributed by atoms with Gasteiger partial charge >= 0.3 is 5.97 Å². The fourth-order valence-corrected chi connectivity index (χ4v) is 3.59. The highest BCUT2D eigenvalue weighted by atomic mass is 32.1. The topological polar surface area (TPSA) is 38.3 Å². The average Bonchev–Trinajstić information content (AvgIpc) is 3.09. The Morgan fingerprint density at radius 1 is 1.16 bits per heavy atom. The van der Waals surface area contributed by atoms with Crippen LogP contribution in [0.25, 0.3) is 0 Å². The number of carbonyl (C=O) groups is 1. The summed E-state index contributed by atoms with van der Waals surface area (Å²) in [6.45, 7) is 2.81. The van der Waals surface area contributed by atoms with Gasteiger partial charge in [0.2, 0.25) is 0 Å². The number of hydrogen-bond acceptors (Lipinski definition) is 4. The second-order valence-corrected chi connectivity index (χ2v) is 7.25. The predicted octanol–water partition coefficient (Wildman–Crippen LogP) is 5.80. The minimum atomic E-state index is -0.314. The summed E-state index contributed by atoms with van der Waals surface area (Å²) in [6.07, 6.45) is 6.85. The Morgan fingerprint density at radius 2 is 1.96 bits per heavy atom. The summed E-state index contributed by atoms with van der Waals surface area (Å²) in [5, 5.41) is 3.37. The van der Waals surface area contributed by atoms with Crippen LogP contribution in [0.2, 0.25) is 0 Å². The van der Waals surface area contributed by atoms with E-state index in [9.17, 15) is 9.18 Å². The molecule has 2 aromatic rings. The highest BCUT2D eigenvalue weighted by molar-refractivity contribution is 7.13. The lowest BCUT2D eigenvalue weighted by Crippen LogP contribution is -2.02. The summed E-state index contributed by atoms with van der Waals surface area (Å²) in [5.41, 5.74) is 1.98. The van der Waals surface area contributed by atoms with Crippen molar-refractivity contribution in [3.8, 4) is 0 Å². The fourth-order valence-electron chi connectivity index (χ4n) is 2.73. The zero-order valence-corrected chi connectivity index (χ0v) is 15.8. The monoisotopic (exact) mass is 363 g/mol. The number of nitrogens with one attached hydrogen (secondary N) is 1. The van der Waals surface area contributed by atoms with Gasteiger partial charge in [-0.2, -0.15) is 0 Å². The van der Waals surface area contributed by atoms with Gasteiger partial charge in [0.25, 0.3) is 0 Å². The third-order valence-electron chi connectivity index (χ3n) is 4.12. The number of carbonyl (C=O) groups excluding carboxylic acids is 1. The van der Waals surface area contributed by atoms with Gasteiger partial charge in [-0.1, -0.05) is 32.6 Å². The number of anilines is 1. The molecular formula is C20H26FNO2S. The van der Waals surface area contributed by atoms with Crippen LogP contribution in [0.1, 0.15) is 59.1 Å². The molecule has 3 nitrogen and oxygen atoms in total. The summed E-state index contributed by atoms with van der Waals surface area (Å²) in [7, 11) is 1.38. The van der Waals surface area contributed by atoms with Gasteiger partial charge in [-0.05, 0) is 48.7 Å². The van der Waals surface area contributed by atoms with Crippen molar-refractivity contribution in [1.29, 1.82) is 0 Å². The standard InChI is InChI=1S/C20H26FNO2S/c1-3-4-5-6-7-8-15-13-16(21)9-11-18(15)22-14-17-10-12-19(25-17)20(23)24-2/h9-13,22H,3-8,14H2,1-2H3. The minimum Gasteiger partial charge on any atom is -0.465 e. The number of thiophene rings is 1. The van der Waals surface area contributed by atoms with Gasteiger partial charge in [-0.15, -0.1) is 11.3 Å². The number of aryl methyl sites for hydroxylation is 1. The predicted molar refractivity (Wildman–Crippen MR) is 102 cm³/mol. The molecule has 0 aliphatic heterocycles. The first kappa shape index (κ1) is 19.4. The van der Waals surface area contributed by atoms with Crippen molar-refractivity contribution in [3.05, 3.63) is 51.5 Å². The van der Waals surface area contributed by atoms with Gasteiger partial charge in [0.15, 0.2) is 0 Å². The molecule has 2 rings (SSSR count). The summed E-state index contributed by atoms with van der Waals surface area (Å²) >= 11 is 1.41. The molecule has 0 atom stereocenters. The molecule has 0 aliphatic rings. The number of unbranched alkanes of at least 4 members (excludes halogenated alkanes) is 4. The highest BCUT2D eigenvalue weighted by Gasteiger charge is 2.10. The van der Waals surface area contributed by atoms with Crippen LogP contribution in [0.5, 0.6) is 0 Å². The molecule has 0 aliphatic carbocycles. The van der Waals surface area contributed by atoms with Crippen molar-refractivity contribution >= 4 is 23.0 Å². The number of hydrogen-bond donors (Lipinski definition) is 1. The first-order chi connectivity index (χ1) is 12.1. The van der Waals surface area contributed by atoms with Crippen LogP contribution >= 0.6 is 11.3 Å². The molecule has 0 amide bonds. The summed E-state index contributed by atoms with van der Waals surface area (Å²) in [5.74, 6) is -0.510. The molecule has 1 heterocycles. The molecular weight excluding hydrogens is 337 g/mol. The van der Waals surface area contributed by atoms with Crippen LogP contribution in [0.3, 0.4) is 0 Å². The van der Waals surface area contributed by atoms with Gasteiger partial charge < -0.3 is 10.1 Å². The van der Waals surface area contributed by atoms with Crippen molar-refractivity contribution in [2.75, 3.05) is 12.4 Å². The van der Waals surface area contributed by atoms with Crippen LogP contribution in [-0.4, -0.2) is 13.1 Å². The van der Waals surface area contributed by atoms with E-state index in [2.05, 4.69) is 12.2 Å². The lowest BCUT2D eigenvalue weighted by Gasteiger charge is -2.12. The fraction of sp³-hybridized carbons (Fsp3) is 0.450. The Bertz CT molecular complexity index is 684. The molecule has 0 spiro atoms. The molecule has 136 valence electrons. The summed E-state index contributed by atoms with van der Waals surface area (Å²) < 4.78 is 18.3. The van der Waals surface area contributed by atoms with Crippen LogP contribution < -0.4 is 5.32 Å². The zero-order chi connectivity index (χ0) is 18.1. The van der Waals surface area contributed by atoms with Crippen molar-refractivity contribution in [2.45, 2.75) is 52.0 Å². The third kappa shape index (κ3) is 6.16.